The van der Waals surface area contributed by atoms with Crippen LogP contribution < -0.4 is 10.2 Å². The summed E-state index contributed by atoms with van der Waals surface area (Å²) < 4.78 is 0. The topological polar surface area (TPSA) is 81.6 Å². The Balaban J connectivity index is 0.000000714. The SMILES string of the molecule is CC.CCC.CCC(=O)N1CCN(c2cc(NCC(O)c3ccccc3)ncn2)CC12CC2. The highest BCUT2D eigenvalue weighted by atomic mass is 16.3. The summed E-state index contributed by atoms with van der Waals surface area (Å²) >= 11 is 0. The summed E-state index contributed by atoms with van der Waals surface area (Å²) in [5.41, 5.74) is 0.865. The van der Waals surface area contributed by atoms with Crippen LogP contribution in [-0.2, 0) is 4.79 Å². The van der Waals surface area contributed by atoms with E-state index in [1.165, 1.54) is 6.42 Å². The Morgan fingerprint density at radius 1 is 1.12 bits per heavy atom. The average Bonchev–Trinajstić information content (AvgIpc) is 3.63. The summed E-state index contributed by atoms with van der Waals surface area (Å²) in [7, 11) is 0. The Bertz CT molecular complexity index is 842. The van der Waals surface area contributed by atoms with Crippen molar-refractivity contribution in [1.82, 2.24) is 14.9 Å². The van der Waals surface area contributed by atoms with Crippen LogP contribution in [0, 0.1) is 0 Å². The second-order valence-corrected chi connectivity index (χ2v) is 8.32. The largest absolute Gasteiger partial charge is 0.387 e. The summed E-state index contributed by atoms with van der Waals surface area (Å²) in [5, 5.41) is 13.5. The Kier molecular flexibility index (Phi) is 10.6. The lowest BCUT2D eigenvalue weighted by atomic mass is 10.1. The fraction of sp³-hybridized carbons (Fsp3) is 0.577. The average molecular weight is 456 g/mol. The van der Waals surface area contributed by atoms with Gasteiger partial charge >= 0.3 is 0 Å². The third-order valence-electron chi connectivity index (χ3n) is 5.72. The van der Waals surface area contributed by atoms with Gasteiger partial charge in [0.25, 0.3) is 0 Å². The standard InChI is InChI=1S/C21H27N5O2.C3H8.C2H6/c1-2-20(28)26-11-10-25(14-21(26)8-9-21)19-12-18(23-15-24-19)22-13-17(27)16-6-4-3-5-7-16;1-3-2;1-2/h3-7,12,15,17,27H,2,8-11,13-14H2,1H3,(H,22,23,24);3H2,1-2H3;1-2H3. The van der Waals surface area contributed by atoms with Crippen molar-refractivity contribution in [3.8, 4) is 0 Å². The van der Waals surface area contributed by atoms with Gasteiger partial charge in [0.15, 0.2) is 0 Å². The van der Waals surface area contributed by atoms with Crippen LogP contribution in [0.25, 0.3) is 0 Å². The minimum absolute atomic E-state index is 0.00656. The molecule has 0 bridgehead atoms. The predicted molar refractivity (Wildman–Crippen MR) is 135 cm³/mol. The van der Waals surface area contributed by atoms with Crippen LogP contribution >= 0.6 is 0 Å². The highest BCUT2D eigenvalue weighted by Gasteiger charge is 2.52. The highest BCUT2D eigenvalue weighted by molar-refractivity contribution is 5.77. The Hall–Kier alpha value is -2.67. The van der Waals surface area contributed by atoms with Crippen LogP contribution in [0.3, 0.4) is 0 Å². The number of aliphatic hydroxyl groups excluding tert-OH is 1. The number of anilines is 2. The molecule has 1 saturated carbocycles. The van der Waals surface area contributed by atoms with Crippen LogP contribution in [0.4, 0.5) is 11.6 Å². The number of aliphatic hydroxyl groups is 1. The number of aromatic nitrogens is 2. The van der Waals surface area contributed by atoms with Gasteiger partial charge in [-0.1, -0.05) is 71.4 Å². The molecule has 7 heteroatoms. The molecule has 1 unspecified atom stereocenters. The number of rotatable bonds is 6. The molecule has 182 valence electrons. The molecule has 7 nitrogen and oxygen atoms in total. The molecule has 1 aliphatic carbocycles. The van der Waals surface area contributed by atoms with Crippen molar-refractivity contribution >= 4 is 17.5 Å². The van der Waals surface area contributed by atoms with Gasteiger partial charge in [0.1, 0.15) is 18.0 Å². The van der Waals surface area contributed by atoms with Gasteiger partial charge in [-0.3, -0.25) is 4.79 Å². The first-order valence-electron chi connectivity index (χ1n) is 12.4. The van der Waals surface area contributed by atoms with Gasteiger partial charge in [0.05, 0.1) is 11.6 Å². The number of hydrogen-bond acceptors (Lipinski definition) is 6. The molecule has 1 amide bonds. The monoisotopic (exact) mass is 455 g/mol. The van der Waals surface area contributed by atoms with E-state index >= 15 is 0 Å². The van der Waals surface area contributed by atoms with E-state index < -0.39 is 6.10 Å². The van der Waals surface area contributed by atoms with Crippen LogP contribution in [0.1, 0.15) is 72.0 Å². The van der Waals surface area contributed by atoms with Crippen molar-refractivity contribution in [2.45, 2.75) is 71.9 Å². The highest BCUT2D eigenvalue weighted by Crippen LogP contribution is 2.45. The summed E-state index contributed by atoms with van der Waals surface area (Å²) in [4.78, 5) is 25.3. The molecule has 1 saturated heterocycles. The van der Waals surface area contributed by atoms with E-state index in [9.17, 15) is 9.90 Å². The molecule has 2 aliphatic rings. The van der Waals surface area contributed by atoms with Crippen LogP contribution in [0.15, 0.2) is 42.7 Å². The molecule has 1 spiro atoms. The summed E-state index contributed by atoms with van der Waals surface area (Å²) in [6, 6.07) is 11.5. The summed E-state index contributed by atoms with van der Waals surface area (Å²) in [6.07, 6.45) is 4.89. The maximum Gasteiger partial charge on any atom is 0.222 e. The molecule has 2 N–H and O–H groups in total. The second kappa shape index (κ2) is 13.1. The molecule has 33 heavy (non-hydrogen) atoms. The van der Waals surface area contributed by atoms with Gasteiger partial charge in [0.2, 0.25) is 5.91 Å². The number of benzene rings is 1. The number of amides is 1. The van der Waals surface area contributed by atoms with E-state index in [1.807, 2.05) is 57.2 Å². The van der Waals surface area contributed by atoms with Crippen LogP contribution in [0.5, 0.6) is 0 Å². The van der Waals surface area contributed by atoms with Gasteiger partial charge in [-0.25, -0.2) is 9.97 Å². The second-order valence-electron chi connectivity index (χ2n) is 8.32. The Morgan fingerprint density at radius 2 is 1.79 bits per heavy atom. The van der Waals surface area contributed by atoms with Gasteiger partial charge in [-0.05, 0) is 18.4 Å². The zero-order valence-corrected chi connectivity index (χ0v) is 20.9. The van der Waals surface area contributed by atoms with Crippen molar-refractivity contribution < 1.29 is 9.90 Å². The molecule has 0 radical (unpaired) electrons. The van der Waals surface area contributed by atoms with Crippen molar-refractivity contribution in [2.24, 2.45) is 0 Å². The molecule has 2 fully saturated rings. The quantitative estimate of drug-likeness (QED) is 0.660. The zero-order chi connectivity index (χ0) is 24.3. The molecular weight excluding hydrogens is 414 g/mol. The van der Waals surface area contributed by atoms with Crippen molar-refractivity contribution in [1.29, 1.82) is 0 Å². The first-order chi connectivity index (χ1) is 16.0. The van der Waals surface area contributed by atoms with Gasteiger partial charge in [-0.15, -0.1) is 0 Å². The molecule has 1 atom stereocenters. The molecular formula is C26H41N5O2. The van der Waals surface area contributed by atoms with Crippen molar-refractivity contribution in [3.63, 3.8) is 0 Å². The maximum absolute atomic E-state index is 12.2. The van der Waals surface area contributed by atoms with Gasteiger partial charge in [0, 0.05) is 38.7 Å². The zero-order valence-electron chi connectivity index (χ0n) is 20.9. The fourth-order valence-electron chi connectivity index (χ4n) is 3.94. The van der Waals surface area contributed by atoms with E-state index in [0.717, 1.165) is 43.9 Å². The van der Waals surface area contributed by atoms with Crippen LogP contribution in [-0.4, -0.2) is 57.6 Å². The minimum Gasteiger partial charge on any atom is -0.387 e. The number of carbonyl (C=O) groups excluding carboxylic acids is 1. The molecule has 4 rings (SSSR count). The van der Waals surface area contributed by atoms with Crippen molar-refractivity contribution in [3.05, 3.63) is 48.3 Å². The lowest BCUT2D eigenvalue weighted by Crippen LogP contribution is -2.57. The first kappa shape index (κ1) is 26.6. The molecule has 1 aliphatic heterocycles. The third-order valence-corrected chi connectivity index (χ3v) is 5.72. The Morgan fingerprint density at radius 3 is 2.39 bits per heavy atom. The lowest BCUT2D eigenvalue weighted by molar-refractivity contribution is -0.134. The maximum atomic E-state index is 12.2. The number of piperazine rings is 1. The fourth-order valence-corrected chi connectivity index (χ4v) is 3.94. The number of carbonyl (C=O) groups is 1. The summed E-state index contributed by atoms with van der Waals surface area (Å²) in [5.74, 6) is 1.80. The number of nitrogens with one attached hydrogen (secondary N) is 1. The molecule has 2 heterocycles. The Labute approximate surface area is 199 Å². The third kappa shape index (κ3) is 7.16. The van der Waals surface area contributed by atoms with E-state index in [4.69, 9.17) is 0 Å². The van der Waals surface area contributed by atoms with Gasteiger partial charge in [-0.2, -0.15) is 0 Å². The van der Waals surface area contributed by atoms with E-state index in [1.54, 1.807) is 6.33 Å². The predicted octanol–water partition coefficient (Wildman–Crippen LogP) is 4.66. The minimum atomic E-state index is -0.599. The first-order valence-corrected chi connectivity index (χ1v) is 12.4. The number of nitrogens with zero attached hydrogens (tertiary/aromatic N) is 4. The summed E-state index contributed by atoms with van der Waals surface area (Å²) in [6.45, 7) is 12.9. The smallest absolute Gasteiger partial charge is 0.222 e. The van der Waals surface area contributed by atoms with Crippen molar-refractivity contribution in [2.75, 3.05) is 36.4 Å². The lowest BCUT2D eigenvalue weighted by Gasteiger charge is -2.42. The normalized spacial score (nSPS) is 16.7. The van der Waals surface area contributed by atoms with E-state index in [0.29, 0.717) is 18.8 Å². The molecule has 2 aromatic rings. The number of hydrogen-bond donors (Lipinski definition) is 2. The van der Waals surface area contributed by atoms with E-state index in [-0.39, 0.29) is 11.4 Å². The molecule has 1 aromatic heterocycles. The molecule has 1 aromatic carbocycles. The van der Waals surface area contributed by atoms with E-state index in [2.05, 4.69) is 38.9 Å². The van der Waals surface area contributed by atoms with Crippen LogP contribution in [0.2, 0.25) is 0 Å². The van der Waals surface area contributed by atoms with Gasteiger partial charge < -0.3 is 20.2 Å².